The van der Waals surface area contributed by atoms with E-state index in [9.17, 15) is 4.79 Å². The fourth-order valence-electron chi connectivity index (χ4n) is 3.91. The SMILES string of the molecule is O=C(c1ccn[nH]1)N1CCO[C@@H](CN2CCCC2)[C@@H]1c1ccccc1. The summed E-state index contributed by atoms with van der Waals surface area (Å²) in [6, 6.07) is 11.9. The second-order valence-corrected chi connectivity index (χ2v) is 6.74. The van der Waals surface area contributed by atoms with Crippen molar-refractivity contribution in [3.63, 3.8) is 0 Å². The van der Waals surface area contributed by atoms with Crippen LogP contribution in [0.3, 0.4) is 0 Å². The highest BCUT2D eigenvalue weighted by Gasteiger charge is 2.38. The highest BCUT2D eigenvalue weighted by Crippen LogP contribution is 2.31. The summed E-state index contributed by atoms with van der Waals surface area (Å²) in [5.41, 5.74) is 1.65. The van der Waals surface area contributed by atoms with E-state index in [1.54, 1.807) is 12.3 Å². The first-order valence-electron chi connectivity index (χ1n) is 9.02. The topological polar surface area (TPSA) is 61.5 Å². The summed E-state index contributed by atoms with van der Waals surface area (Å²) in [4.78, 5) is 17.4. The van der Waals surface area contributed by atoms with Crippen LogP contribution in [0.4, 0.5) is 0 Å². The third kappa shape index (κ3) is 3.45. The zero-order valence-corrected chi connectivity index (χ0v) is 14.3. The lowest BCUT2D eigenvalue weighted by Gasteiger charge is -2.42. The Morgan fingerprint density at radius 2 is 1.96 bits per heavy atom. The third-order valence-corrected chi connectivity index (χ3v) is 5.12. The molecule has 132 valence electrons. The van der Waals surface area contributed by atoms with Gasteiger partial charge in [0, 0.05) is 19.3 Å². The Kier molecular flexibility index (Phi) is 4.81. The van der Waals surface area contributed by atoms with Gasteiger partial charge in [0.15, 0.2) is 0 Å². The van der Waals surface area contributed by atoms with Gasteiger partial charge >= 0.3 is 0 Å². The van der Waals surface area contributed by atoms with Gasteiger partial charge in [0.2, 0.25) is 0 Å². The molecule has 1 amide bonds. The quantitative estimate of drug-likeness (QED) is 0.926. The van der Waals surface area contributed by atoms with E-state index in [2.05, 4.69) is 27.2 Å². The van der Waals surface area contributed by atoms with Crippen LogP contribution in [0.5, 0.6) is 0 Å². The molecule has 3 heterocycles. The first kappa shape index (κ1) is 16.3. The number of amides is 1. The summed E-state index contributed by atoms with van der Waals surface area (Å²) in [5, 5.41) is 6.73. The molecule has 6 heteroatoms. The van der Waals surface area contributed by atoms with Crippen LogP contribution in [0.15, 0.2) is 42.6 Å². The molecule has 2 fully saturated rings. The number of hydrogen-bond acceptors (Lipinski definition) is 4. The second-order valence-electron chi connectivity index (χ2n) is 6.74. The Morgan fingerprint density at radius 3 is 2.68 bits per heavy atom. The van der Waals surface area contributed by atoms with Gasteiger partial charge in [-0.2, -0.15) is 5.10 Å². The molecule has 0 bridgehead atoms. The van der Waals surface area contributed by atoms with Crippen molar-refractivity contribution in [1.82, 2.24) is 20.0 Å². The number of likely N-dealkylation sites (tertiary alicyclic amines) is 1. The molecule has 4 rings (SSSR count). The molecule has 2 atom stereocenters. The second kappa shape index (κ2) is 7.37. The number of rotatable bonds is 4. The van der Waals surface area contributed by atoms with Crippen molar-refractivity contribution in [1.29, 1.82) is 0 Å². The van der Waals surface area contributed by atoms with Crippen molar-refractivity contribution < 1.29 is 9.53 Å². The molecule has 0 saturated carbocycles. The number of carbonyl (C=O) groups excluding carboxylic acids is 1. The lowest BCUT2D eigenvalue weighted by atomic mass is 9.97. The van der Waals surface area contributed by atoms with Crippen LogP contribution in [0.1, 0.15) is 34.9 Å². The number of hydrogen-bond donors (Lipinski definition) is 1. The number of ether oxygens (including phenoxy) is 1. The molecule has 2 aliphatic heterocycles. The predicted octanol–water partition coefficient (Wildman–Crippen LogP) is 2.09. The van der Waals surface area contributed by atoms with Gasteiger partial charge in [-0.25, -0.2) is 0 Å². The fraction of sp³-hybridized carbons (Fsp3) is 0.474. The molecule has 0 unspecified atom stereocenters. The van der Waals surface area contributed by atoms with Crippen molar-refractivity contribution >= 4 is 5.91 Å². The maximum absolute atomic E-state index is 13.0. The Labute approximate surface area is 147 Å². The zero-order valence-electron chi connectivity index (χ0n) is 14.3. The largest absolute Gasteiger partial charge is 0.373 e. The number of H-pyrrole nitrogens is 1. The summed E-state index contributed by atoms with van der Waals surface area (Å²) < 4.78 is 6.14. The molecule has 2 aromatic rings. The molecular formula is C19H24N4O2. The van der Waals surface area contributed by atoms with Crippen molar-refractivity contribution in [3.05, 3.63) is 53.9 Å². The monoisotopic (exact) mass is 340 g/mol. The average Bonchev–Trinajstić information content (AvgIpc) is 3.36. The molecule has 1 aromatic heterocycles. The zero-order chi connectivity index (χ0) is 17.1. The molecular weight excluding hydrogens is 316 g/mol. The van der Waals surface area contributed by atoms with Crippen LogP contribution in [-0.2, 0) is 4.74 Å². The molecule has 2 saturated heterocycles. The van der Waals surface area contributed by atoms with Crippen LogP contribution in [0, 0.1) is 0 Å². The summed E-state index contributed by atoms with van der Waals surface area (Å²) in [5.74, 6) is -0.0129. The van der Waals surface area contributed by atoms with Crippen LogP contribution in [-0.4, -0.2) is 64.8 Å². The number of morpholine rings is 1. The Morgan fingerprint density at radius 1 is 1.16 bits per heavy atom. The third-order valence-electron chi connectivity index (χ3n) is 5.12. The molecule has 0 spiro atoms. The summed E-state index contributed by atoms with van der Waals surface area (Å²) in [7, 11) is 0. The molecule has 1 N–H and O–H groups in total. The summed E-state index contributed by atoms with van der Waals surface area (Å²) in [6.07, 6.45) is 4.10. The van der Waals surface area contributed by atoms with Gasteiger partial charge in [-0.3, -0.25) is 9.89 Å². The van der Waals surface area contributed by atoms with Gasteiger partial charge in [0.25, 0.3) is 5.91 Å². The van der Waals surface area contributed by atoms with Crippen molar-refractivity contribution in [2.45, 2.75) is 25.0 Å². The van der Waals surface area contributed by atoms with Gasteiger partial charge < -0.3 is 14.5 Å². The molecule has 25 heavy (non-hydrogen) atoms. The van der Waals surface area contributed by atoms with Gasteiger partial charge in [-0.1, -0.05) is 30.3 Å². The Bertz CT molecular complexity index is 683. The highest BCUT2D eigenvalue weighted by atomic mass is 16.5. The smallest absolute Gasteiger partial charge is 0.272 e. The van der Waals surface area contributed by atoms with E-state index in [-0.39, 0.29) is 18.1 Å². The van der Waals surface area contributed by atoms with Gasteiger partial charge in [0.1, 0.15) is 5.69 Å². The van der Waals surface area contributed by atoms with E-state index in [0.29, 0.717) is 18.8 Å². The number of benzene rings is 1. The van der Waals surface area contributed by atoms with E-state index in [0.717, 1.165) is 25.2 Å². The van der Waals surface area contributed by atoms with E-state index in [1.807, 2.05) is 23.1 Å². The minimum Gasteiger partial charge on any atom is -0.373 e. The average molecular weight is 340 g/mol. The molecule has 0 radical (unpaired) electrons. The Balaban J connectivity index is 1.63. The van der Waals surface area contributed by atoms with Gasteiger partial charge in [-0.05, 0) is 37.6 Å². The van der Waals surface area contributed by atoms with E-state index >= 15 is 0 Å². The normalized spacial score (nSPS) is 24.6. The Hall–Kier alpha value is -2.18. The van der Waals surface area contributed by atoms with Crippen LogP contribution < -0.4 is 0 Å². The molecule has 1 aromatic carbocycles. The lowest BCUT2D eigenvalue weighted by molar-refractivity contribution is -0.0708. The first-order valence-corrected chi connectivity index (χ1v) is 9.02. The first-order chi connectivity index (χ1) is 12.3. The van der Waals surface area contributed by atoms with E-state index in [4.69, 9.17) is 4.74 Å². The molecule has 0 aliphatic carbocycles. The number of aromatic amines is 1. The predicted molar refractivity (Wildman–Crippen MR) is 94.2 cm³/mol. The number of nitrogens with zero attached hydrogens (tertiary/aromatic N) is 3. The lowest BCUT2D eigenvalue weighted by Crippen LogP contribution is -2.51. The van der Waals surface area contributed by atoms with E-state index < -0.39 is 0 Å². The number of carbonyl (C=O) groups is 1. The minimum absolute atomic E-state index is 0.0129. The maximum atomic E-state index is 13.0. The molecule has 2 aliphatic rings. The van der Waals surface area contributed by atoms with Crippen molar-refractivity contribution in [2.24, 2.45) is 0 Å². The number of nitrogens with one attached hydrogen (secondary N) is 1. The molecule has 6 nitrogen and oxygen atoms in total. The van der Waals surface area contributed by atoms with Crippen molar-refractivity contribution in [3.8, 4) is 0 Å². The fourth-order valence-corrected chi connectivity index (χ4v) is 3.91. The standard InChI is InChI=1S/C19H24N4O2/c24-19(16-8-9-20-21-16)23-12-13-25-17(14-22-10-4-5-11-22)18(23)15-6-2-1-3-7-15/h1-3,6-9,17-18H,4-5,10-14H2,(H,20,21)/t17-,18-/m0/s1. The van der Waals surface area contributed by atoms with Crippen molar-refractivity contribution in [2.75, 3.05) is 32.8 Å². The summed E-state index contributed by atoms with van der Waals surface area (Å²) >= 11 is 0. The minimum atomic E-state index is -0.0775. The van der Waals surface area contributed by atoms with E-state index in [1.165, 1.54) is 12.8 Å². The van der Waals surface area contributed by atoms with Gasteiger partial charge in [-0.15, -0.1) is 0 Å². The van der Waals surface area contributed by atoms with Crippen LogP contribution >= 0.6 is 0 Å². The highest BCUT2D eigenvalue weighted by molar-refractivity contribution is 5.92. The number of aromatic nitrogens is 2. The van der Waals surface area contributed by atoms with Crippen LogP contribution in [0.25, 0.3) is 0 Å². The summed E-state index contributed by atoms with van der Waals surface area (Å²) in [6.45, 7) is 4.27. The van der Waals surface area contributed by atoms with Gasteiger partial charge in [0.05, 0.1) is 18.8 Å². The maximum Gasteiger partial charge on any atom is 0.272 e. The van der Waals surface area contributed by atoms with Crippen LogP contribution in [0.2, 0.25) is 0 Å².